The largest absolute Gasteiger partial charge is 0.487 e. The van der Waals surface area contributed by atoms with Crippen LogP contribution in [0.25, 0.3) is 10.9 Å². The maximum absolute atomic E-state index is 12.4. The molecule has 25 heavy (non-hydrogen) atoms. The Morgan fingerprint density at radius 3 is 2.72 bits per heavy atom. The van der Waals surface area contributed by atoms with Crippen molar-refractivity contribution in [2.24, 2.45) is 5.73 Å². The fourth-order valence-electron chi connectivity index (χ4n) is 2.60. The number of nitrogens with one attached hydrogen (secondary N) is 1. The third-order valence-corrected chi connectivity index (χ3v) is 3.88. The third-order valence-electron chi connectivity index (χ3n) is 3.88. The molecule has 0 bridgehead atoms. The summed E-state index contributed by atoms with van der Waals surface area (Å²) >= 11 is 0. The molecule has 5 nitrogen and oxygen atoms in total. The van der Waals surface area contributed by atoms with E-state index in [-0.39, 0.29) is 5.91 Å². The van der Waals surface area contributed by atoms with Gasteiger partial charge in [0.05, 0.1) is 0 Å². The number of hydrogen-bond donors (Lipinski definition) is 2. The van der Waals surface area contributed by atoms with Crippen LogP contribution < -0.4 is 15.8 Å². The van der Waals surface area contributed by atoms with Crippen molar-refractivity contribution in [3.8, 4) is 5.75 Å². The van der Waals surface area contributed by atoms with Crippen molar-refractivity contribution in [2.75, 3.05) is 13.1 Å². The summed E-state index contributed by atoms with van der Waals surface area (Å²) < 4.78 is 5.93. The molecule has 0 aliphatic heterocycles. The van der Waals surface area contributed by atoms with Gasteiger partial charge in [0.1, 0.15) is 17.9 Å². The first-order chi connectivity index (χ1) is 12.3. The van der Waals surface area contributed by atoms with Gasteiger partial charge in [-0.2, -0.15) is 0 Å². The summed E-state index contributed by atoms with van der Waals surface area (Å²) in [6.07, 6.45) is 2.45. The second kappa shape index (κ2) is 8.26. The van der Waals surface area contributed by atoms with Crippen molar-refractivity contribution in [1.82, 2.24) is 10.3 Å². The molecular formula is C20H21N3O2. The lowest BCUT2D eigenvalue weighted by molar-refractivity contribution is 0.0955. The Balaban J connectivity index is 1.84. The van der Waals surface area contributed by atoms with E-state index in [1.165, 1.54) is 0 Å². The van der Waals surface area contributed by atoms with Crippen LogP contribution in [0.3, 0.4) is 0 Å². The molecule has 3 rings (SSSR count). The molecule has 1 heterocycles. The number of fused-ring (bicyclic) bond motifs is 1. The molecule has 0 atom stereocenters. The van der Waals surface area contributed by atoms with E-state index in [1.54, 1.807) is 18.3 Å². The van der Waals surface area contributed by atoms with E-state index in [9.17, 15) is 4.79 Å². The summed E-state index contributed by atoms with van der Waals surface area (Å²) in [6.45, 7) is 1.56. The van der Waals surface area contributed by atoms with Crippen molar-refractivity contribution in [1.29, 1.82) is 0 Å². The number of rotatable bonds is 7. The van der Waals surface area contributed by atoms with Crippen LogP contribution in [0.2, 0.25) is 0 Å². The predicted molar refractivity (Wildman–Crippen MR) is 98.5 cm³/mol. The van der Waals surface area contributed by atoms with Gasteiger partial charge in [-0.05, 0) is 36.7 Å². The Morgan fingerprint density at radius 2 is 1.92 bits per heavy atom. The molecule has 1 aromatic heterocycles. The average molecular weight is 335 g/mol. The highest BCUT2D eigenvalue weighted by Crippen LogP contribution is 2.27. The van der Waals surface area contributed by atoms with Crippen molar-refractivity contribution in [2.45, 2.75) is 13.0 Å². The molecule has 0 saturated heterocycles. The fourth-order valence-corrected chi connectivity index (χ4v) is 2.60. The Kier molecular flexibility index (Phi) is 5.59. The molecule has 0 aliphatic carbocycles. The van der Waals surface area contributed by atoms with Crippen molar-refractivity contribution < 1.29 is 9.53 Å². The molecule has 2 aromatic carbocycles. The van der Waals surface area contributed by atoms with E-state index in [0.717, 1.165) is 17.4 Å². The number of benzene rings is 2. The first-order valence-electron chi connectivity index (χ1n) is 8.32. The third kappa shape index (κ3) is 4.14. The molecule has 0 spiro atoms. The highest BCUT2D eigenvalue weighted by molar-refractivity contribution is 6.07. The molecular weight excluding hydrogens is 314 g/mol. The van der Waals surface area contributed by atoms with Crippen molar-refractivity contribution >= 4 is 16.8 Å². The fraction of sp³-hybridized carbons (Fsp3) is 0.200. The zero-order chi connectivity index (χ0) is 17.5. The van der Waals surface area contributed by atoms with Crippen molar-refractivity contribution in [3.63, 3.8) is 0 Å². The minimum absolute atomic E-state index is 0.124. The minimum atomic E-state index is -0.124. The van der Waals surface area contributed by atoms with Gasteiger partial charge in [0.15, 0.2) is 0 Å². The van der Waals surface area contributed by atoms with Gasteiger partial charge in [-0.1, -0.05) is 36.4 Å². The van der Waals surface area contributed by atoms with E-state index >= 15 is 0 Å². The second-order valence-electron chi connectivity index (χ2n) is 5.68. The Labute approximate surface area is 146 Å². The maximum Gasteiger partial charge on any atom is 0.251 e. The van der Waals surface area contributed by atoms with Gasteiger partial charge in [-0.15, -0.1) is 0 Å². The molecule has 5 heteroatoms. The molecule has 0 fully saturated rings. The summed E-state index contributed by atoms with van der Waals surface area (Å²) in [5.74, 6) is 0.541. The summed E-state index contributed by atoms with van der Waals surface area (Å²) in [6, 6.07) is 17.2. The Morgan fingerprint density at radius 1 is 1.08 bits per heavy atom. The summed E-state index contributed by atoms with van der Waals surface area (Å²) in [5.41, 5.74) is 7.82. The van der Waals surface area contributed by atoms with Gasteiger partial charge in [0.25, 0.3) is 5.91 Å². The molecule has 0 unspecified atom stereocenters. The Bertz CT molecular complexity index is 850. The van der Waals surface area contributed by atoms with Crippen LogP contribution in [0.15, 0.2) is 60.8 Å². The van der Waals surface area contributed by atoms with E-state index in [1.807, 2.05) is 42.5 Å². The summed E-state index contributed by atoms with van der Waals surface area (Å²) in [4.78, 5) is 16.8. The standard InChI is InChI=1S/C20H21N3O2/c21-11-5-13-23-20(24)17-9-10-18(19-16(17)8-4-12-22-19)25-14-15-6-2-1-3-7-15/h1-4,6-10,12H,5,11,13-14,21H2,(H,23,24). The maximum atomic E-state index is 12.4. The lowest BCUT2D eigenvalue weighted by Gasteiger charge is -2.12. The number of pyridine rings is 1. The van der Waals surface area contributed by atoms with Gasteiger partial charge < -0.3 is 15.8 Å². The molecule has 1 amide bonds. The lowest BCUT2D eigenvalue weighted by atomic mass is 10.1. The van der Waals surface area contributed by atoms with E-state index in [0.29, 0.717) is 36.5 Å². The number of nitrogens with zero attached hydrogens (tertiary/aromatic N) is 1. The normalized spacial score (nSPS) is 10.6. The van der Waals surface area contributed by atoms with Crippen LogP contribution >= 0.6 is 0 Å². The van der Waals surface area contributed by atoms with Crippen LogP contribution in [0.1, 0.15) is 22.3 Å². The Hall–Kier alpha value is -2.92. The van der Waals surface area contributed by atoms with Gasteiger partial charge >= 0.3 is 0 Å². The monoisotopic (exact) mass is 335 g/mol. The van der Waals surface area contributed by atoms with Crippen molar-refractivity contribution in [3.05, 3.63) is 71.9 Å². The average Bonchev–Trinajstić information content (AvgIpc) is 2.67. The number of nitrogens with two attached hydrogens (primary N) is 1. The van der Waals surface area contributed by atoms with E-state index < -0.39 is 0 Å². The number of ether oxygens (including phenoxy) is 1. The predicted octanol–water partition coefficient (Wildman–Crippen LogP) is 2.89. The molecule has 0 saturated carbocycles. The highest BCUT2D eigenvalue weighted by Gasteiger charge is 2.13. The summed E-state index contributed by atoms with van der Waals surface area (Å²) in [7, 11) is 0. The number of amides is 1. The van der Waals surface area contributed by atoms with E-state index in [2.05, 4.69) is 10.3 Å². The zero-order valence-corrected chi connectivity index (χ0v) is 13.9. The molecule has 0 aliphatic rings. The van der Waals surface area contributed by atoms with Crippen LogP contribution in [-0.4, -0.2) is 24.0 Å². The van der Waals surface area contributed by atoms with Crippen LogP contribution in [0.4, 0.5) is 0 Å². The topological polar surface area (TPSA) is 77.2 Å². The van der Waals surface area contributed by atoms with Crippen LogP contribution in [-0.2, 0) is 6.61 Å². The quantitative estimate of drug-likeness (QED) is 0.651. The first-order valence-corrected chi connectivity index (χ1v) is 8.32. The van der Waals surface area contributed by atoms with Gasteiger partial charge in [-0.25, -0.2) is 0 Å². The molecule has 3 N–H and O–H groups in total. The molecule has 3 aromatic rings. The zero-order valence-electron chi connectivity index (χ0n) is 13.9. The van der Waals surface area contributed by atoms with E-state index in [4.69, 9.17) is 10.5 Å². The number of carbonyl (C=O) groups is 1. The number of carbonyl (C=O) groups excluding carboxylic acids is 1. The minimum Gasteiger partial charge on any atom is -0.487 e. The second-order valence-corrected chi connectivity index (χ2v) is 5.68. The molecule has 128 valence electrons. The van der Waals surface area contributed by atoms with Gasteiger partial charge in [-0.3, -0.25) is 9.78 Å². The smallest absolute Gasteiger partial charge is 0.251 e. The lowest BCUT2D eigenvalue weighted by Crippen LogP contribution is -2.26. The number of aromatic nitrogens is 1. The van der Waals surface area contributed by atoms with Gasteiger partial charge in [0, 0.05) is 23.7 Å². The van der Waals surface area contributed by atoms with Crippen LogP contribution in [0, 0.1) is 0 Å². The molecule has 0 radical (unpaired) electrons. The van der Waals surface area contributed by atoms with Crippen LogP contribution in [0.5, 0.6) is 5.75 Å². The van der Waals surface area contributed by atoms with Gasteiger partial charge in [0.2, 0.25) is 0 Å². The highest BCUT2D eigenvalue weighted by atomic mass is 16.5. The SMILES string of the molecule is NCCCNC(=O)c1ccc(OCc2ccccc2)c2ncccc12. The summed E-state index contributed by atoms with van der Waals surface area (Å²) in [5, 5.41) is 3.66. The first kappa shape index (κ1) is 16.9. The number of hydrogen-bond acceptors (Lipinski definition) is 4.